The predicted octanol–water partition coefficient (Wildman–Crippen LogP) is 3.61. The van der Waals surface area contributed by atoms with Gasteiger partial charge in [0, 0.05) is 55.8 Å². The average molecular weight is 361 g/mol. The molecule has 2 aliphatic heterocycles. The predicted molar refractivity (Wildman–Crippen MR) is 105 cm³/mol. The van der Waals surface area contributed by atoms with Crippen molar-refractivity contribution in [3.63, 3.8) is 0 Å². The minimum atomic E-state index is 0.313. The minimum absolute atomic E-state index is 0.313. The average Bonchev–Trinajstić information content (AvgIpc) is 2.97. The molecule has 3 rings (SSSR count). The van der Waals surface area contributed by atoms with Crippen LogP contribution in [0.4, 0.5) is 0 Å². The van der Waals surface area contributed by atoms with Gasteiger partial charge in [0.15, 0.2) is 0 Å². The van der Waals surface area contributed by atoms with Crippen molar-refractivity contribution in [2.24, 2.45) is 5.41 Å². The van der Waals surface area contributed by atoms with Crippen LogP contribution in [0, 0.1) is 12.3 Å². The van der Waals surface area contributed by atoms with Crippen LogP contribution in [-0.4, -0.2) is 51.7 Å². The maximum Gasteiger partial charge on any atom is 0.222 e. The van der Waals surface area contributed by atoms with E-state index < -0.39 is 0 Å². The molecule has 2 saturated heterocycles. The lowest BCUT2D eigenvalue weighted by molar-refractivity contribution is -0.139. The van der Waals surface area contributed by atoms with Gasteiger partial charge in [-0.15, -0.1) is 0 Å². The summed E-state index contributed by atoms with van der Waals surface area (Å²) >= 11 is 0. The van der Waals surface area contributed by atoms with Gasteiger partial charge < -0.3 is 4.90 Å². The molecule has 0 radical (unpaired) electrons. The first-order valence-corrected chi connectivity index (χ1v) is 10.6. The van der Waals surface area contributed by atoms with E-state index in [1.54, 1.807) is 0 Å². The Morgan fingerprint density at radius 2 is 2.00 bits per heavy atom. The SMILES string of the molecule is CCCCN1C[C@@]2(CCCN(Cc3cnn(CCC)c3C)C2)CCC1=O. The monoisotopic (exact) mass is 360 g/mol. The molecular formula is C21H36N4O. The summed E-state index contributed by atoms with van der Waals surface area (Å²) < 4.78 is 2.14. The summed E-state index contributed by atoms with van der Waals surface area (Å²) in [6.45, 7) is 12.8. The van der Waals surface area contributed by atoms with Crippen LogP contribution in [-0.2, 0) is 17.9 Å². The second-order valence-corrected chi connectivity index (χ2v) is 8.46. The van der Waals surface area contributed by atoms with Crippen LogP contribution in [0.25, 0.3) is 0 Å². The smallest absolute Gasteiger partial charge is 0.222 e. The quantitative estimate of drug-likeness (QED) is 0.746. The van der Waals surface area contributed by atoms with Crippen molar-refractivity contribution in [2.75, 3.05) is 26.2 Å². The lowest BCUT2D eigenvalue weighted by atomic mass is 9.73. The fourth-order valence-electron chi connectivity index (χ4n) is 4.75. The van der Waals surface area contributed by atoms with Crippen molar-refractivity contribution >= 4 is 5.91 Å². The topological polar surface area (TPSA) is 41.4 Å². The molecule has 1 amide bonds. The molecule has 0 bridgehead atoms. The fourth-order valence-corrected chi connectivity index (χ4v) is 4.75. The molecule has 0 unspecified atom stereocenters. The van der Waals surface area contributed by atoms with Gasteiger partial charge in [-0.1, -0.05) is 20.3 Å². The highest BCUT2D eigenvalue weighted by Gasteiger charge is 2.41. The molecule has 0 aliphatic carbocycles. The van der Waals surface area contributed by atoms with E-state index in [0.717, 1.165) is 64.8 Å². The Hall–Kier alpha value is -1.36. The normalized spacial score (nSPS) is 24.6. The molecule has 1 spiro atoms. The third-order valence-corrected chi connectivity index (χ3v) is 6.30. The van der Waals surface area contributed by atoms with Gasteiger partial charge in [-0.2, -0.15) is 5.10 Å². The van der Waals surface area contributed by atoms with Gasteiger partial charge in [0.25, 0.3) is 0 Å². The van der Waals surface area contributed by atoms with E-state index in [1.165, 1.54) is 30.6 Å². The number of rotatable bonds is 7. The number of piperidine rings is 2. The maximum absolute atomic E-state index is 12.3. The summed E-state index contributed by atoms with van der Waals surface area (Å²) in [5, 5.41) is 4.57. The van der Waals surface area contributed by atoms with Crippen molar-refractivity contribution in [3.8, 4) is 0 Å². The largest absolute Gasteiger partial charge is 0.342 e. The van der Waals surface area contributed by atoms with E-state index in [-0.39, 0.29) is 0 Å². The van der Waals surface area contributed by atoms with Crippen molar-refractivity contribution in [1.82, 2.24) is 19.6 Å². The van der Waals surface area contributed by atoms with E-state index in [9.17, 15) is 4.79 Å². The van der Waals surface area contributed by atoms with Gasteiger partial charge in [-0.05, 0) is 45.6 Å². The molecule has 26 heavy (non-hydrogen) atoms. The Labute approximate surface area is 158 Å². The lowest BCUT2D eigenvalue weighted by Crippen LogP contribution is -2.53. The highest BCUT2D eigenvalue weighted by Crippen LogP contribution is 2.39. The molecule has 3 heterocycles. The molecule has 0 N–H and O–H groups in total. The molecule has 0 saturated carbocycles. The van der Waals surface area contributed by atoms with Crippen molar-refractivity contribution in [2.45, 2.75) is 78.8 Å². The Morgan fingerprint density at radius 1 is 1.15 bits per heavy atom. The first-order valence-electron chi connectivity index (χ1n) is 10.6. The minimum Gasteiger partial charge on any atom is -0.342 e. The number of amides is 1. The summed E-state index contributed by atoms with van der Waals surface area (Å²) in [7, 11) is 0. The molecular weight excluding hydrogens is 324 g/mol. The van der Waals surface area contributed by atoms with Crippen LogP contribution < -0.4 is 0 Å². The zero-order chi connectivity index (χ0) is 18.6. The van der Waals surface area contributed by atoms with E-state index in [4.69, 9.17) is 0 Å². The van der Waals surface area contributed by atoms with Gasteiger partial charge in [0.2, 0.25) is 5.91 Å². The van der Waals surface area contributed by atoms with Crippen LogP contribution >= 0.6 is 0 Å². The van der Waals surface area contributed by atoms with E-state index in [1.807, 2.05) is 0 Å². The molecule has 5 heteroatoms. The fraction of sp³-hybridized carbons (Fsp3) is 0.810. The number of aromatic nitrogens is 2. The first kappa shape index (κ1) is 19.4. The Morgan fingerprint density at radius 3 is 2.77 bits per heavy atom. The van der Waals surface area contributed by atoms with Crippen LogP contribution in [0.3, 0.4) is 0 Å². The number of hydrogen-bond donors (Lipinski definition) is 0. The van der Waals surface area contributed by atoms with Crippen LogP contribution in [0.15, 0.2) is 6.20 Å². The number of carbonyl (C=O) groups excluding carboxylic acids is 1. The lowest BCUT2D eigenvalue weighted by Gasteiger charge is -2.48. The van der Waals surface area contributed by atoms with E-state index in [2.05, 4.69) is 46.5 Å². The zero-order valence-corrected chi connectivity index (χ0v) is 17.0. The van der Waals surface area contributed by atoms with Crippen molar-refractivity contribution in [3.05, 3.63) is 17.5 Å². The number of aryl methyl sites for hydroxylation is 1. The van der Waals surface area contributed by atoms with Crippen molar-refractivity contribution in [1.29, 1.82) is 0 Å². The van der Waals surface area contributed by atoms with E-state index in [0.29, 0.717) is 11.3 Å². The summed E-state index contributed by atoms with van der Waals surface area (Å²) in [5.41, 5.74) is 2.99. The Balaban J connectivity index is 1.64. The van der Waals surface area contributed by atoms with Crippen molar-refractivity contribution < 1.29 is 4.79 Å². The molecule has 2 aliphatic rings. The molecule has 1 atom stereocenters. The summed E-state index contributed by atoms with van der Waals surface area (Å²) in [6, 6.07) is 0. The maximum atomic E-state index is 12.3. The first-order chi connectivity index (χ1) is 12.6. The van der Waals surface area contributed by atoms with Gasteiger partial charge in [-0.25, -0.2) is 0 Å². The Kier molecular flexibility index (Phi) is 6.38. The van der Waals surface area contributed by atoms with Crippen LogP contribution in [0.5, 0.6) is 0 Å². The second kappa shape index (κ2) is 8.55. The van der Waals surface area contributed by atoms with Gasteiger partial charge in [0.1, 0.15) is 0 Å². The van der Waals surface area contributed by atoms with Crippen LogP contribution in [0.1, 0.15) is 70.1 Å². The van der Waals surface area contributed by atoms with Gasteiger partial charge in [-0.3, -0.25) is 14.4 Å². The number of carbonyl (C=O) groups is 1. The second-order valence-electron chi connectivity index (χ2n) is 8.46. The molecule has 0 aromatic carbocycles. The summed E-state index contributed by atoms with van der Waals surface area (Å²) in [5.74, 6) is 0.373. The number of unbranched alkanes of at least 4 members (excludes halogenated alkanes) is 1. The third-order valence-electron chi connectivity index (χ3n) is 6.30. The molecule has 146 valence electrons. The molecule has 1 aromatic heterocycles. The Bertz CT molecular complexity index is 611. The van der Waals surface area contributed by atoms with Gasteiger partial charge >= 0.3 is 0 Å². The highest BCUT2D eigenvalue weighted by atomic mass is 16.2. The number of likely N-dealkylation sites (tertiary alicyclic amines) is 2. The van der Waals surface area contributed by atoms with E-state index >= 15 is 0 Å². The number of nitrogens with zero attached hydrogens (tertiary/aromatic N) is 4. The standard InChI is InChI=1S/C21H36N4O/c1-4-6-13-24-17-21(10-8-20(24)26)9-7-12-23(16-21)15-19-14-22-25(11-5-2)18(19)3/h14H,4-13,15-17H2,1-3H3/t21-/m0/s1. The highest BCUT2D eigenvalue weighted by molar-refractivity contribution is 5.77. The third kappa shape index (κ3) is 4.30. The zero-order valence-electron chi connectivity index (χ0n) is 17.0. The molecule has 5 nitrogen and oxygen atoms in total. The van der Waals surface area contributed by atoms with Gasteiger partial charge in [0.05, 0.1) is 6.20 Å². The number of hydrogen-bond acceptors (Lipinski definition) is 3. The summed E-state index contributed by atoms with van der Waals surface area (Å²) in [4.78, 5) is 17.1. The van der Waals surface area contributed by atoms with Crippen LogP contribution in [0.2, 0.25) is 0 Å². The molecule has 1 aromatic rings. The summed E-state index contributed by atoms with van der Waals surface area (Å²) in [6.07, 6.45) is 9.79. The molecule has 2 fully saturated rings.